The second-order valence-electron chi connectivity index (χ2n) is 4.51. The van der Waals surface area contributed by atoms with Crippen LogP contribution < -0.4 is 0 Å². The minimum atomic E-state index is -0.647. The van der Waals surface area contributed by atoms with Gasteiger partial charge in [0, 0.05) is 22.7 Å². The van der Waals surface area contributed by atoms with Crippen molar-refractivity contribution in [1.82, 2.24) is 29.5 Å². The second kappa shape index (κ2) is 5.53. The number of benzene rings is 1. The lowest BCUT2D eigenvalue weighted by molar-refractivity contribution is -0.394. The van der Waals surface area contributed by atoms with E-state index in [0.717, 1.165) is 5.56 Å². The molecule has 10 heteroatoms. The molecule has 0 atom stereocenters. The largest absolute Gasteiger partial charge is 0.490 e. The molecule has 112 valence electrons. The van der Waals surface area contributed by atoms with Crippen LogP contribution in [0.2, 0.25) is 5.02 Å². The molecule has 0 aliphatic rings. The van der Waals surface area contributed by atoms with Crippen LogP contribution in [0.3, 0.4) is 0 Å². The Kier molecular flexibility index (Phi) is 3.55. The van der Waals surface area contributed by atoms with Crippen LogP contribution in [0.5, 0.6) is 0 Å². The van der Waals surface area contributed by atoms with Crippen molar-refractivity contribution < 1.29 is 4.92 Å². The van der Waals surface area contributed by atoms with Gasteiger partial charge in [0.1, 0.15) is 6.54 Å². The molecular formula is C12H10ClN7O2. The normalized spacial score (nSPS) is 10.8. The topological polar surface area (TPSA) is 105 Å². The lowest BCUT2D eigenvalue weighted by atomic mass is 10.2. The fourth-order valence-corrected chi connectivity index (χ4v) is 2.07. The molecule has 0 saturated heterocycles. The Morgan fingerprint density at radius 3 is 2.64 bits per heavy atom. The lowest BCUT2D eigenvalue weighted by Gasteiger charge is -2.03. The van der Waals surface area contributed by atoms with Gasteiger partial charge in [-0.15, -0.1) is 10.2 Å². The first-order valence-corrected chi connectivity index (χ1v) is 6.60. The SMILES string of the molecule is Cn1c(Cn2cnc([N+](=O)[O-])n2)nnc1-c1ccc(Cl)cc1. The zero-order valence-corrected chi connectivity index (χ0v) is 12.2. The monoisotopic (exact) mass is 319 g/mol. The first-order chi connectivity index (χ1) is 10.5. The van der Waals surface area contributed by atoms with Crippen LogP contribution in [0.15, 0.2) is 30.6 Å². The number of hydrogen-bond donors (Lipinski definition) is 0. The van der Waals surface area contributed by atoms with Crippen molar-refractivity contribution in [2.75, 3.05) is 0 Å². The van der Waals surface area contributed by atoms with Gasteiger partial charge in [-0.25, -0.2) is 0 Å². The second-order valence-corrected chi connectivity index (χ2v) is 4.94. The number of nitro groups is 1. The van der Waals surface area contributed by atoms with Crippen LogP contribution in [0.1, 0.15) is 5.82 Å². The summed E-state index contributed by atoms with van der Waals surface area (Å²) in [6, 6.07) is 7.23. The summed E-state index contributed by atoms with van der Waals surface area (Å²) in [5.41, 5.74) is 0.871. The Morgan fingerprint density at radius 1 is 1.27 bits per heavy atom. The molecule has 0 aliphatic carbocycles. The molecule has 0 spiro atoms. The Labute approximate surface area is 129 Å². The van der Waals surface area contributed by atoms with Crippen LogP contribution in [0.4, 0.5) is 5.95 Å². The van der Waals surface area contributed by atoms with Crippen molar-refractivity contribution in [3.8, 4) is 11.4 Å². The van der Waals surface area contributed by atoms with Crippen LogP contribution in [0, 0.1) is 10.1 Å². The number of hydrogen-bond acceptors (Lipinski definition) is 6. The summed E-state index contributed by atoms with van der Waals surface area (Å²) >= 11 is 5.86. The Bertz CT molecular complexity index is 824. The predicted molar refractivity (Wildman–Crippen MR) is 77.2 cm³/mol. The van der Waals surface area contributed by atoms with Gasteiger partial charge in [0.15, 0.2) is 11.6 Å². The molecule has 0 radical (unpaired) electrons. The van der Waals surface area contributed by atoms with Gasteiger partial charge in [-0.05, 0) is 29.2 Å². The molecule has 2 heterocycles. The summed E-state index contributed by atoms with van der Waals surface area (Å²) in [5, 5.41) is 23.2. The minimum absolute atomic E-state index is 0.234. The molecule has 0 amide bonds. The molecule has 0 N–H and O–H groups in total. The third-order valence-electron chi connectivity index (χ3n) is 3.06. The molecule has 0 aliphatic heterocycles. The highest BCUT2D eigenvalue weighted by molar-refractivity contribution is 6.30. The maximum atomic E-state index is 10.6. The highest BCUT2D eigenvalue weighted by atomic mass is 35.5. The standard InChI is InChI=1S/C12H10ClN7O2/c1-18-10(6-19-7-14-12(17-19)20(21)22)15-16-11(18)8-2-4-9(13)5-3-8/h2-5,7H,6H2,1H3. The van der Waals surface area contributed by atoms with Gasteiger partial charge in [-0.2, -0.15) is 4.68 Å². The van der Waals surface area contributed by atoms with Crippen LogP contribution in [-0.2, 0) is 13.6 Å². The summed E-state index contributed by atoms with van der Waals surface area (Å²) < 4.78 is 3.13. The molecule has 0 unspecified atom stereocenters. The first-order valence-electron chi connectivity index (χ1n) is 6.22. The van der Waals surface area contributed by atoms with Crippen molar-refractivity contribution in [1.29, 1.82) is 0 Å². The molecule has 3 aromatic rings. The maximum absolute atomic E-state index is 10.6. The average molecular weight is 320 g/mol. The summed E-state index contributed by atoms with van der Waals surface area (Å²) in [4.78, 5) is 13.5. The van der Waals surface area contributed by atoms with Gasteiger partial charge < -0.3 is 14.7 Å². The number of aromatic nitrogens is 6. The van der Waals surface area contributed by atoms with Crippen molar-refractivity contribution >= 4 is 17.5 Å². The van der Waals surface area contributed by atoms with Gasteiger partial charge in [-0.3, -0.25) is 0 Å². The van der Waals surface area contributed by atoms with E-state index >= 15 is 0 Å². The molecule has 2 aromatic heterocycles. The Hall–Kier alpha value is -2.81. The Balaban J connectivity index is 1.86. The zero-order chi connectivity index (χ0) is 15.7. The van der Waals surface area contributed by atoms with Crippen molar-refractivity contribution in [3.05, 3.63) is 51.6 Å². The zero-order valence-electron chi connectivity index (χ0n) is 11.4. The third-order valence-corrected chi connectivity index (χ3v) is 3.31. The fraction of sp³-hybridized carbons (Fsp3) is 0.167. The van der Waals surface area contributed by atoms with E-state index in [9.17, 15) is 10.1 Å². The van der Waals surface area contributed by atoms with Gasteiger partial charge in [-0.1, -0.05) is 16.6 Å². The van der Waals surface area contributed by atoms with Gasteiger partial charge in [0.05, 0.1) is 0 Å². The molecule has 0 fully saturated rings. The van der Waals surface area contributed by atoms with Gasteiger partial charge in [0.2, 0.25) is 6.33 Å². The molecule has 0 bridgehead atoms. The number of halogens is 1. The van der Waals surface area contributed by atoms with Crippen LogP contribution in [0.25, 0.3) is 11.4 Å². The minimum Gasteiger partial charge on any atom is -0.390 e. The lowest BCUT2D eigenvalue weighted by Crippen LogP contribution is -2.07. The highest BCUT2D eigenvalue weighted by Gasteiger charge is 2.16. The summed E-state index contributed by atoms with van der Waals surface area (Å²) in [5.74, 6) is 0.825. The average Bonchev–Trinajstić information content (AvgIpc) is 3.09. The molecule has 0 saturated carbocycles. The summed E-state index contributed by atoms with van der Waals surface area (Å²) in [6.45, 7) is 0.234. The van der Waals surface area contributed by atoms with Crippen LogP contribution >= 0.6 is 11.6 Å². The molecule has 9 nitrogen and oxygen atoms in total. The van der Waals surface area contributed by atoms with E-state index in [1.807, 2.05) is 19.2 Å². The van der Waals surface area contributed by atoms with E-state index in [0.29, 0.717) is 16.7 Å². The molecular weight excluding hydrogens is 310 g/mol. The van der Waals surface area contributed by atoms with E-state index in [2.05, 4.69) is 20.3 Å². The van der Waals surface area contributed by atoms with Crippen molar-refractivity contribution in [2.24, 2.45) is 7.05 Å². The van der Waals surface area contributed by atoms with E-state index in [1.54, 1.807) is 16.7 Å². The van der Waals surface area contributed by atoms with E-state index in [4.69, 9.17) is 11.6 Å². The smallest absolute Gasteiger partial charge is 0.390 e. The highest BCUT2D eigenvalue weighted by Crippen LogP contribution is 2.20. The van der Waals surface area contributed by atoms with E-state index < -0.39 is 10.9 Å². The van der Waals surface area contributed by atoms with Crippen LogP contribution in [-0.4, -0.2) is 34.5 Å². The van der Waals surface area contributed by atoms with Crippen molar-refractivity contribution in [3.63, 3.8) is 0 Å². The van der Waals surface area contributed by atoms with Gasteiger partial charge in [0.25, 0.3) is 0 Å². The molecule has 22 heavy (non-hydrogen) atoms. The third kappa shape index (κ3) is 2.66. The first kappa shape index (κ1) is 14.1. The summed E-state index contributed by atoms with van der Waals surface area (Å²) in [6.07, 6.45) is 1.29. The van der Waals surface area contributed by atoms with Gasteiger partial charge >= 0.3 is 5.95 Å². The maximum Gasteiger partial charge on any atom is 0.490 e. The number of nitrogens with zero attached hydrogens (tertiary/aromatic N) is 7. The number of rotatable bonds is 4. The van der Waals surface area contributed by atoms with Crippen molar-refractivity contribution in [2.45, 2.75) is 6.54 Å². The quantitative estimate of drug-likeness (QED) is 0.535. The Morgan fingerprint density at radius 2 is 2.00 bits per heavy atom. The van der Waals surface area contributed by atoms with E-state index in [1.165, 1.54) is 11.0 Å². The predicted octanol–water partition coefficient (Wildman–Crippen LogP) is 1.68. The molecule has 3 rings (SSSR count). The molecule has 1 aromatic carbocycles. The van der Waals surface area contributed by atoms with E-state index in [-0.39, 0.29) is 6.54 Å². The fourth-order valence-electron chi connectivity index (χ4n) is 1.94. The summed E-state index contributed by atoms with van der Waals surface area (Å²) in [7, 11) is 1.81.